The number of aliphatic carboxylic acids is 1. The van der Waals surface area contributed by atoms with Gasteiger partial charge in [0.2, 0.25) is 16.0 Å². The van der Waals surface area contributed by atoms with E-state index in [-0.39, 0.29) is 5.91 Å². The number of hydrogen-bond acceptors (Lipinski definition) is 9. The van der Waals surface area contributed by atoms with Crippen molar-refractivity contribution in [1.82, 2.24) is 15.3 Å². The van der Waals surface area contributed by atoms with Crippen molar-refractivity contribution in [3.05, 3.63) is 58.4 Å². The first kappa shape index (κ1) is 30.6. The molecular weight excluding hydrogens is 573 g/mol. The number of nitrogens with zero attached hydrogens (tertiary/aromatic N) is 2. The molecule has 11 nitrogen and oxygen atoms in total. The van der Waals surface area contributed by atoms with Gasteiger partial charge >= 0.3 is 12.1 Å². The van der Waals surface area contributed by atoms with E-state index >= 15 is 0 Å². The highest BCUT2D eigenvalue weighted by Crippen LogP contribution is 2.42. The molecule has 0 atom stereocenters. The highest BCUT2D eigenvalue weighted by molar-refractivity contribution is 7.92. The summed E-state index contributed by atoms with van der Waals surface area (Å²) in [6, 6.07) is 10.6. The fraction of sp³-hybridized carbons (Fsp3) is 0.333. The number of thiophene rings is 1. The molecule has 1 saturated carbocycles. The van der Waals surface area contributed by atoms with E-state index in [1.165, 1.54) is 11.3 Å². The average molecular weight is 601 g/mol. The summed E-state index contributed by atoms with van der Waals surface area (Å²) in [6.07, 6.45) is 0.875. The van der Waals surface area contributed by atoms with Crippen molar-refractivity contribution in [2.45, 2.75) is 31.4 Å². The second-order valence-electron chi connectivity index (χ2n) is 8.67. The standard InChI is InChI=1S/C22H26N6O3S2.C2HF3O2/c1-33(30,31)28-17-6-2-5-16(13-17)26-22-25-14-18(15-8-9-15)20(27-22)23-10-4-11-24-21(29)19-7-3-12-32-19;3-2(4,5)1(6)7/h2-3,5-7,12-15,28H,4,8-11H2,1H3,(H,24,29)(H2,23,25,26,27);(H,6,7). The van der Waals surface area contributed by atoms with Gasteiger partial charge in [-0.3, -0.25) is 9.52 Å². The van der Waals surface area contributed by atoms with Crippen molar-refractivity contribution in [3.63, 3.8) is 0 Å². The Morgan fingerprint density at radius 1 is 1.12 bits per heavy atom. The summed E-state index contributed by atoms with van der Waals surface area (Å²) in [5.41, 5.74) is 2.22. The average Bonchev–Trinajstić information content (AvgIpc) is 3.55. The van der Waals surface area contributed by atoms with Crippen LogP contribution in [0.25, 0.3) is 0 Å². The van der Waals surface area contributed by atoms with E-state index in [0.29, 0.717) is 41.2 Å². The van der Waals surface area contributed by atoms with Crippen LogP contribution in [0.5, 0.6) is 0 Å². The molecule has 216 valence electrons. The van der Waals surface area contributed by atoms with Crippen LogP contribution in [0.3, 0.4) is 0 Å². The fourth-order valence-electron chi connectivity index (χ4n) is 3.28. The quantitative estimate of drug-likeness (QED) is 0.201. The van der Waals surface area contributed by atoms with Crippen LogP contribution in [0.4, 0.5) is 36.3 Å². The molecule has 0 bridgehead atoms. The summed E-state index contributed by atoms with van der Waals surface area (Å²) in [5, 5.41) is 18.4. The number of anilines is 4. The summed E-state index contributed by atoms with van der Waals surface area (Å²) in [5.74, 6) is -1.13. The third-order valence-electron chi connectivity index (χ3n) is 5.18. The van der Waals surface area contributed by atoms with Crippen molar-refractivity contribution >= 4 is 56.4 Å². The number of rotatable bonds is 11. The van der Waals surface area contributed by atoms with E-state index in [2.05, 4.69) is 30.6 Å². The fourth-order valence-corrected chi connectivity index (χ4v) is 4.48. The minimum absolute atomic E-state index is 0.0511. The number of aromatic nitrogens is 2. The first-order valence-electron chi connectivity index (χ1n) is 11.9. The monoisotopic (exact) mass is 600 g/mol. The van der Waals surface area contributed by atoms with Gasteiger partial charge in [0.25, 0.3) is 5.91 Å². The number of carboxylic acid groups (broad SMARTS) is 1. The lowest BCUT2D eigenvalue weighted by atomic mass is 10.2. The third kappa shape index (κ3) is 10.3. The van der Waals surface area contributed by atoms with E-state index in [9.17, 15) is 26.4 Å². The van der Waals surface area contributed by atoms with E-state index < -0.39 is 22.2 Å². The molecule has 4 rings (SSSR count). The van der Waals surface area contributed by atoms with Gasteiger partial charge in [0.05, 0.1) is 16.8 Å². The van der Waals surface area contributed by atoms with Gasteiger partial charge in [-0.05, 0) is 54.8 Å². The topological polar surface area (TPSA) is 162 Å². The summed E-state index contributed by atoms with van der Waals surface area (Å²) in [7, 11) is -3.36. The van der Waals surface area contributed by atoms with Crippen LogP contribution in [0, 0.1) is 0 Å². The van der Waals surface area contributed by atoms with E-state index in [0.717, 1.165) is 36.9 Å². The number of amides is 1. The predicted molar refractivity (Wildman–Crippen MR) is 146 cm³/mol. The van der Waals surface area contributed by atoms with Crippen LogP contribution >= 0.6 is 11.3 Å². The molecule has 40 heavy (non-hydrogen) atoms. The zero-order chi connectivity index (χ0) is 29.3. The minimum atomic E-state index is -5.08. The normalized spacial score (nSPS) is 13.0. The molecule has 1 aliphatic rings. The third-order valence-corrected chi connectivity index (χ3v) is 6.65. The number of carbonyl (C=O) groups excluding carboxylic acids is 1. The Morgan fingerprint density at radius 3 is 2.42 bits per heavy atom. The SMILES string of the molecule is CS(=O)(=O)Nc1cccc(Nc2ncc(C3CC3)c(NCCCNC(=O)c3cccs3)n2)c1.O=C(O)C(F)(F)F. The molecular formula is C24H27F3N6O5S2. The molecule has 2 aromatic heterocycles. The van der Waals surface area contributed by atoms with Crippen LogP contribution in [0.15, 0.2) is 48.0 Å². The molecule has 1 aromatic carbocycles. The highest BCUT2D eigenvalue weighted by Gasteiger charge is 2.38. The predicted octanol–water partition coefficient (Wildman–Crippen LogP) is 4.40. The lowest BCUT2D eigenvalue weighted by Crippen LogP contribution is -2.25. The van der Waals surface area contributed by atoms with Gasteiger partial charge in [-0.15, -0.1) is 11.3 Å². The number of halogens is 3. The number of alkyl halides is 3. The molecule has 1 aliphatic carbocycles. The molecule has 1 fully saturated rings. The molecule has 1 amide bonds. The van der Waals surface area contributed by atoms with Gasteiger partial charge in [0, 0.05) is 30.5 Å². The lowest BCUT2D eigenvalue weighted by molar-refractivity contribution is -0.192. The molecule has 3 aromatic rings. The van der Waals surface area contributed by atoms with E-state index in [1.807, 2.05) is 29.8 Å². The number of hydrogen-bond donors (Lipinski definition) is 5. The summed E-state index contributed by atoms with van der Waals surface area (Å²) < 4.78 is 57.2. The number of sulfonamides is 1. The lowest BCUT2D eigenvalue weighted by Gasteiger charge is -2.13. The van der Waals surface area contributed by atoms with Gasteiger partial charge in [-0.1, -0.05) is 12.1 Å². The molecule has 16 heteroatoms. The Hall–Kier alpha value is -3.92. The van der Waals surface area contributed by atoms with Crippen LogP contribution in [-0.2, 0) is 14.8 Å². The number of carbonyl (C=O) groups is 2. The van der Waals surface area contributed by atoms with Crippen molar-refractivity contribution in [2.24, 2.45) is 0 Å². The summed E-state index contributed by atoms with van der Waals surface area (Å²) in [4.78, 5) is 30.7. The van der Waals surface area contributed by atoms with Gasteiger partial charge in [-0.25, -0.2) is 18.2 Å². The van der Waals surface area contributed by atoms with E-state index in [1.54, 1.807) is 18.2 Å². The Balaban J connectivity index is 0.000000559. The second kappa shape index (κ2) is 13.4. The zero-order valence-corrected chi connectivity index (χ0v) is 22.8. The minimum Gasteiger partial charge on any atom is -0.475 e. The van der Waals surface area contributed by atoms with Gasteiger partial charge in [0.15, 0.2) is 0 Å². The second-order valence-corrected chi connectivity index (χ2v) is 11.4. The maximum absolute atomic E-state index is 12.0. The van der Waals surface area contributed by atoms with Crippen LogP contribution in [0.2, 0.25) is 0 Å². The molecule has 0 aliphatic heterocycles. The number of benzene rings is 1. The molecule has 0 saturated heterocycles. The maximum Gasteiger partial charge on any atom is 0.490 e. The van der Waals surface area contributed by atoms with Crippen molar-refractivity contribution in [3.8, 4) is 0 Å². The number of nitrogens with one attached hydrogen (secondary N) is 4. The summed E-state index contributed by atoms with van der Waals surface area (Å²) >= 11 is 1.42. The maximum atomic E-state index is 12.0. The Kier molecular flexibility index (Phi) is 10.3. The van der Waals surface area contributed by atoms with Crippen LogP contribution in [0.1, 0.15) is 40.4 Å². The molecule has 5 N–H and O–H groups in total. The van der Waals surface area contributed by atoms with Crippen molar-refractivity contribution in [2.75, 3.05) is 34.7 Å². The largest absolute Gasteiger partial charge is 0.490 e. The van der Waals surface area contributed by atoms with Crippen molar-refractivity contribution < 1.29 is 36.3 Å². The Bertz CT molecular complexity index is 1410. The Labute approximate surface area is 232 Å². The first-order chi connectivity index (χ1) is 18.8. The molecule has 0 spiro atoms. The van der Waals surface area contributed by atoms with Gasteiger partial charge in [-0.2, -0.15) is 18.2 Å². The molecule has 2 heterocycles. The van der Waals surface area contributed by atoms with Crippen LogP contribution < -0.4 is 20.7 Å². The van der Waals surface area contributed by atoms with E-state index in [4.69, 9.17) is 9.90 Å². The smallest absolute Gasteiger partial charge is 0.475 e. The summed E-state index contributed by atoms with van der Waals surface area (Å²) in [6.45, 7) is 1.23. The first-order valence-corrected chi connectivity index (χ1v) is 14.7. The molecule has 0 radical (unpaired) electrons. The van der Waals surface area contributed by atoms with Gasteiger partial charge in [0.1, 0.15) is 5.82 Å². The zero-order valence-electron chi connectivity index (χ0n) is 21.2. The Morgan fingerprint density at radius 2 is 1.82 bits per heavy atom. The van der Waals surface area contributed by atoms with Crippen LogP contribution in [-0.4, -0.2) is 60.9 Å². The van der Waals surface area contributed by atoms with Gasteiger partial charge < -0.3 is 21.1 Å². The van der Waals surface area contributed by atoms with Crippen molar-refractivity contribution in [1.29, 1.82) is 0 Å². The molecule has 0 unspecified atom stereocenters. The number of carboxylic acids is 1. The highest BCUT2D eigenvalue weighted by atomic mass is 32.2.